The number of pyridine rings is 1. The SMILES string of the molecule is Cc1cnc(OCc2ccc3ccccc3n2)nc1N. The molecule has 20 heavy (non-hydrogen) atoms. The summed E-state index contributed by atoms with van der Waals surface area (Å²) in [5, 5.41) is 1.10. The van der Waals surface area contributed by atoms with Gasteiger partial charge in [0.1, 0.15) is 12.4 Å². The van der Waals surface area contributed by atoms with Crippen LogP contribution in [0.3, 0.4) is 0 Å². The molecule has 2 heterocycles. The van der Waals surface area contributed by atoms with E-state index in [-0.39, 0.29) is 6.01 Å². The standard InChI is InChI=1S/C15H14N4O/c1-10-8-17-15(19-14(10)16)20-9-12-7-6-11-4-2-3-5-13(11)18-12/h2-8H,9H2,1H3,(H2,16,17,19). The molecule has 2 N–H and O–H groups in total. The van der Waals surface area contributed by atoms with E-state index in [9.17, 15) is 0 Å². The van der Waals surface area contributed by atoms with Crippen LogP contribution in [-0.4, -0.2) is 15.0 Å². The maximum atomic E-state index is 5.72. The minimum absolute atomic E-state index is 0.267. The summed E-state index contributed by atoms with van der Waals surface area (Å²) in [5.74, 6) is 0.432. The predicted octanol–water partition coefficient (Wildman–Crippen LogP) is 2.49. The molecule has 0 aliphatic rings. The van der Waals surface area contributed by atoms with Crippen LogP contribution in [0.15, 0.2) is 42.6 Å². The highest BCUT2D eigenvalue weighted by atomic mass is 16.5. The minimum atomic E-state index is 0.267. The number of nitrogens with two attached hydrogens (primary N) is 1. The first kappa shape index (κ1) is 12.3. The predicted molar refractivity (Wildman–Crippen MR) is 77.3 cm³/mol. The highest BCUT2D eigenvalue weighted by Crippen LogP contribution is 2.14. The Hall–Kier alpha value is -2.69. The summed E-state index contributed by atoms with van der Waals surface area (Å²) in [6.07, 6.45) is 1.64. The molecule has 3 aromatic rings. The first-order chi connectivity index (χ1) is 9.72. The van der Waals surface area contributed by atoms with Crippen molar-refractivity contribution in [1.29, 1.82) is 0 Å². The Kier molecular flexibility index (Phi) is 3.16. The average Bonchev–Trinajstić information content (AvgIpc) is 2.48. The lowest BCUT2D eigenvalue weighted by atomic mass is 10.2. The van der Waals surface area contributed by atoms with Crippen LogP contribution in [0.5, 0.6) is 6.01 Å². The van der Waals surface area contributed by atoms with Gasteiger partial charge in [-0.05, 0) is 19.1 Å². The quantitative estimate of drug-likeness (QED) is 0.788. The van der Waals surface area contributed by atoms with E-state index in [0.29, 0.717) is 12.4 Å². The Labute approximate surface area is 116 Å². The van der Waals surface area contributed by atoms with Crippen LogP contribution in [0.4, 0.5) is 5.82 Å². The van der Waals surface area contributed by atoms with Crippen LogP contribution >= 0.6 is 0 Å². The number of ether oxygens (including phenoxy) is 1. The molecule has 0 atom stereocenters. The van der Waals surface area contributed by atoms with Crippen molar-refractivity contribution in [1.82, 2.24) is 15.0 Å². The Morgan fingerprint density at radius 1 is 1.10 bits per heavy atom. The van der Waals surface area contributed by atoms with E-state index in [0.717, 1.165) is 22.2 Å². The van der Waals surface area contributed by atoms with E-state index >= 15 is 0 Å². The van der Waals surface area contributed by atoms with Gasteiger partial charge in [0.25, 0.3) is 0 Å². The largest absolute Gasteiger partial charge is 0.457 e. The average molecular weight is 266 g/mol. The highest BCUT2D eigenvalue weighted by Gasteiger charge is 2.03. The third-order valence-corrected chi connectivity index (χ3v) is 2.99. The molecule has 0 amide bonds. The molecular weight excluding hydrogens is 252 g/mol. The molecule has 0 bridgehead atoms. The number of hydrogen-bond acceptors (Lipinski definition) is 5. The second kappa shape index (κ2) is 5.13. The monoisotopic (exact) mass is 266 g/mol. The van der Waals surface area contributed by atoms with Crippen LogP contribution in [0, 0.1) is 6.92 Å². The molecule has 5 nitrogen and oxygen atoms in total. The number of aromatic nitrogens is 3. The van der Waals surface area contributed by atoms with E-state index in [1.165, 1.54) is 0 Å². The molecule has 3 rings (SSSR count). The summed E-state index contributed by atoms with van der Waals surface area (Å²) >= 11 is 0. The van der Waals surface area contributed by atoms with Crippen molar-refractivity contribution in [3.63, 3.8) is 0 Å². The van der Waals surface area contributed by atoms with Gasteiger partial charge < -0.3 is 10.5 Å². The molecule has 0 saturated carbocycles. The van der Waals surface area contributed by atoms with Crippen molar-refractivity contribution in [3.8, 4) is 6.01 Å². The molecule has 0 aliphatic carbocycles. The lowest BCUT2D eigenvalue weighted by Crippen LogP contribution is -2.04. The van der Waals surface area contributed by atoms with Gasteiger partial charge in [-0.25, -0.2) is 9.97 Å². The van der Waals surface area contributed by atoms with Gasteiger partial charge in [0, 0.05) is 17.1 Å². The number of nitrogen functional groups attached to an aromatic ring is 1. The summed E-state index contributed by atoms with van der Waals surface area (Å²) in [5.41, 5.74) is 8.32. The van der Waals surface area contributed by atoms with Gasteiger partial charge in [0.05, 0.1) is 11.2 Å². The second-order valence-electron chi connectivity index (χ2n) is 4.50. The summed E-state index contributed by atoms with van der Waals surface area (Å²) in [6, 6.07) is 12.2. The van der Waals surface area contributed by atoms with Gasteiger partial charge in [-0.2, -0.15) is 4.98 Å². The van der Waals surface area contributed by atoms with Crippen LogP contribution in [0.2, 0.25) is 0 Å². The zero-order chi connectivity index (χ0) is 13.9. The molecule has 1 aromatic carbocycles. The summed E-state index contributed by atoms with van der Waals surface area (Å²) in [6.45, 7) is 2.16. The number of rotatable bonds is 3. The Bertz CT molecular complexity index is 758. The van der Waals surface area contributed by atoms with Gasteiger partial charge in [-0.1, -0.05) is 24.3 Å². The van der Waals surface area contributed by atoms with E-state index in [1.807, 2.05) is 43.3 Å². The summed E-state index contributed by atoms with van der Waals surface area (Å²) < 4.78 is 5.51. The summed E-state index contributed by atoms with van der Waals surface area (Å²) in [4.78, 5) is 12.7. The fourth-order valence-corrected chi connectivity index (χ4v) is 1.83. The fourth-order valence-electron chi connectivity index (χ4n) is 1.83. The number of benzene rings is 1. The number of para-hydroxylation sites is 1. The molecular formula is C15H14N4O. The van der Waals surface area contributed by atoms with E-state index in [4.69, 9.17) is 10.5 Å². The third kappa shape index (κ3) is 2.51. The molecule has 0 spiro atoms. The fraction of sp³-hybridized carbons (Fsp3) is 0.133. The molecule has 2 aromatic heterocycles. The lowest BCUT2D eigenvalue weighted by molar-refractivity contribution is 0.277. The Morgan fingerprint density at radius 3 is 2.80 bits per heavy atom. The van der Waals surface area contributed by atoms with Gasteiger partial charge >= 0.3 is 6.01 Å². The third-order valence-electron chi connectivity index (χ3n) is 2.99. The summed E-state index contributed by atoms with van der Waals surface area (Å²) in [7, 11) is 0. The van der Waals surface area contributed by atoms with Gasteiger partial charge in [-0.15, -0.1) is 0 Å². The van der Waals surface area contributed by atoms with Gasteiger partial charge in [0.15, 0.2) is 0 Å². The maximum absolute atomic E-state index is 5.72. The number of nitrogens with zero attached hydrogens (tertiary/aromatic N) is 3. The molecule has 0 radical (unpaired) electrons. The molecule has 0 fully saturated rings. The maximum Gasteiger partial charge on any atom is 0.318 e. The Morgan fingerprint density at radius 2 is 1.95 bits per heavy atom. The second-order valence-corrected chi connectivity index (χ2v) is 4.50. The number of fused-ring (bicyclic) bond motifs is 1. The molecule has 0 aliphatic heterocycles. The zero-order valence-electron chi connectivity index (χ0n) is 11.1. The topological polar surface area (TPSA) is 73.9 Å². The number of anilines is 1. The van der Waals surface area contributed by atoms with Gasteiger partial charge in [-0.3, -0.25) is 0 Å². The first-order valence-corrected chi connectivity index (χ1v) is 6.29. The number of hydrogen-bond donors (Lipinski definition) is 1. The van der Waals surface area contributed by atoms with Crippen molar-refractivity contribution in [3.05, 3.63) is 53.9 Å². The van der Waals surface area contributed by atoms with Crippen LogP contribution in [0.25, 0.3) is 10.9 Å². The lowest BCUT2D eigenvalue weighted by Gasteiger charge is -2.06. The van der Waals surface area contributed by atoms with E-state index in [1.54, 1.807) is 6.20 Å². The van der Waals surface area contributed by atoms with E-state index in [2.05, 4.69) is 15.0 Å². The van der Waals surface area contributed by atoms with Crippen molar-refractivity contribution in [2.24, 2.45) is 0 Å². The molecule has 0 unspecified atom stereocenters. The molecule has 0 saturated heterocycles. The zero-order valence-corrected chi connectivity index (χ0v) is 11.1. The van der Waals surface area contributed by atoms with Gasteiger partial charge in [0.2, 0.25) is 0 Å². The van der Waals surface area contributed by atoms with Crippen molar-refractivity contribution >= 4 is 16.7 Å². The van der Waals surface area contributed by atoms with Crippen molar-refractivity contribution < 1.29 is 4.74 Å². The molecule has 100 valence electrons. The first-order valence-electron chi connectivity index (χ1n) is 6.29. The highest BCUT2D eigenvalue weighted by molar-refractivity contribution is 5.78. The molecule has 5 heteroatoms. The van der Waals surface area contributed by atoms with Crippen LogP contribution < -0.4 is 10.5 Å². The normalized spacial score (nSPS) is 10.7. The Balaban J connectivity index is 1.77. The van der Waals surface area contributed by atoms with E-state index < -0.39 is 0 Å². The number of aryl methyl sites for hydroxylation is 1. The minimum Gasteiger partial charge on any atom is -0.457 e. The smallest absolute Gasteiger partial charge is 0.318 e. The van der Waals surface area contributed by atoms with Crippen molar-refractivity contribution in [2.45, 2.75) is 13.5 Å². The van der Waals surface area contributed by atoms with Crippen LogP contribution in [-0.2, 0) is 6.61 Å². The van der Waals surface area contributed by atoms with Crippen LogP contribution in [0.1, 0.15) is 11.3 Å². The van der Waals surface area contributed by atoms with Crippen molar-refractivity contribution in [2.75, 3.05) is 5.73 Å².